The Kier molecular flexibility index (Phi) is 5.24. The number of piperidine rings is 1. The SMILES string of the molecule is Nc1nccc(Sc2cnc(N3CCC4(CC3)Cc3c(F)cccc3[C@H]4N)cn2)c1Cl. The molecule has 1 atom stereocenters. The standard InChI is InChI=1S/C22H22ClFN6S/c23-19-16(4-7-27-21(19)26)31-18-12-28-17(11-29-18)30-8-5-22(6-9-30)10-14-13(20(22)25)2-1-3-15(14)24/h1-4,7,11-12,20H,5-6,8-10,25H2,(H2,26,27)/t20-/m1/s1. The number of nitrogen functional groups attached to an aromatic ring is 1. The predicted molar refractivity (Wildman–Crippen MR) is 121 cm³/mol. The van der Waals surface area contributed by atoms with Gasteiger partial charge < -0.3 is 16.4 Å². The maximum atomic E-state index is 14.3. The summed E-state index contributed by atoms with van der Waals surface area (Å²) in [6.07, 6.45) is 7.64. The first kappa shape index (κ1) is 20.5. The van der Waals surface area contributed by atoms with Crippen LogP contribution in [-0.4, -0.2) is 28.0 Å². The topological polar surface area (TPSA) is 94.0 Å². The van der Waals surface area contributed by atoms with Crippen molar-refractivity contribution in [1.82, 2.24) is 15.0 Å². The number of benzene rings is 1. The molecule has 1 spiro atoms. The smallest absolute Gasteiger partial charge is 0.147 e. The summed E-state index contributed by atoms with van der Waals surface area (Å²) >= 11 is 7.61. The van der Waals surface area contributed by atoms with E-state index in [9.17, 15) is 4.39 Å². The van der Waals surface area contributed by atoms with Crippen LogP contribution >= 0.6 is 23.4 Å². The molecule has 6 nitrogen and oxygen atoms in total. The quantitative estimate of drug-likeness (QED) is 0.608. The van der Waals surface area contributed by atoms with Crippen molar-refractivity contribution in [3.05, 3.63) is 64.8 Å². The molecule has 1 aliphatic carbocycles. The number of aromatic nitrogens is 3. The van der Waals surface area contributed by atoms with Gasteiger partial charge in [0.25, 0.3) is 0 Å². The van der Waals surface area contributed by atoms with Gasteiger partial charge in [0.15, 0.2) is 0 Å². The van der Waals surface area contributed by atoms with Crippen LogP contribution in [0.15, 0.2) is 52.8 Å². The van der Waals surface area contributed by atoms with E-state index in [1.54, 1.807) is 30.7 Å². The lowest BCUT2D eigenvalue weighted by Gasteiger charge is -2.42. The van der Waals surface area contributed by atoms with Crippen LogP contribution in [0.1, 0.15) is 30.0 Å². The molecule has 0 bridgehead atoms. The van der Waals surface area contributed by atoms with Crippen molar-refractivity contribution < 1.29 is 4.39 Å². The molecule has 3 heterocycles. The zero-order valence-electron chi connectivity index (χ0n) is 16.8. The zero-order chi connectivity index (χ0) is 21.6. The van der Waals surface area contributed by atoms with E-state index in [4.69, 9.17) is 23.1 Å². The molecule has 2 aliphatic rings. The second-order valence-corrected chi connectivity index (χ2v) is 9.57. The minimum atomic E-state index is -0.137. The lowest BCUT2D eigenvalue weighted by atomic mass is 9.73. The van der Waals surface area contributed by atoms with Gasteiger partial charge in [0, 0.05) is 30.2 Å². The third-order valence-corrected chi connectivity index (χ3v) is 7.96. The molecule has 9 heteroatoms. The number of pyridine rings is 1. The molecule has 160 valence electrons. The van der Waals surface area contributed by atoms with Crippen LogP contribution in [0, 0.1) is 11.2 Å². The molecule has 2 aromatic heterocycles. The Hall–Kier alpha value is -2.42. The highest BCUT2D eigenvalue weighted by Gasteiger charge is 2.47. The van der Waals surface area contributed by atoms with E-state index in [1.807, 2.05) is 6.07 Å². The monoisotopic (exact) mass is 456 g/mol. The van der Waals surface area contributed by atoms with Crippen molar-refractivity contribution in [1.29, 1.82) is 0 Å². The first-order chi connectivity index (χ1) is 15.0. The summed E-state index contributed by atoms with van der Waals surface area (Å²) in [6, 6.07) is 6.93. The normalized spacial score (nSPS) is 19.6. The van der Waals surface area contributed by atoms with Crippen LogP contribution in [-0.2, 0) is 6.42 Å². The van der Waals surface area contributed by atoms with Gasteiger partial charge in [-0.2, -0.15) is 0 Å². The number of anilines is 2. The van der Waals surface area contributed by atoms with Crippen molar-refractivity contribution in [2.24, 2.45) is 11.1 Å². The van der Waals surface area contributed by atoms with Crippen molar-refractivity contribution in [3.63, 3.8) is 0 Å². The lowest BCUT2D eigenvalue weighted by molar-refractivity contribution is 0.186. The number of fused-ring (bicyclic) bond motifs is 1. The van der Waals surface area contributed by atoms with Crippen molar-refractivity contribution in [3.8, 4) is 0 Å². The molecule has 1 fully saturated rings. The van der Waals surface area contributed by atoms with Crippen molar-refractivity contribution >= 4 is 35.0 Å². The van der Waals surface area contributed by atoms with Crippen LogP contribution in [0.2, 0.25) is 5.02 Å². The van der Waals surface area contributed by atoms with Gasteiger partial charge in [0.1, 0.15) is 22.5 Å². The largest absolute Gasteiger partial charge is 0.382 e. The van der Waals surface area contributed by atoms with Gasteiger partial charge in [-0.3, -0.25) is 0 Å². The number of nitrogens with two attached hydrogens (primary N) is 2. The van der Waals surface area contributed by atoms with E-state index in [2.05, 4.69) is 19.9 Å². The Labute approximate surface area is 189 Å². The van der Waals surface area contributed by atoms with E-state index >= 15 is 0 Å². The van der Waals surface area contributed by atoms with E-state index < -0.39 is 0 Å². The molecule has 0 radical (unpaired) electrons. The number of nitrogens with zero attached hydrogens (tertiary/aromatic N) is 4. The van der Waals surface area contributed by atoms with E-state index in [1.165, 1.54) is 17.8 Å². The second kappa shape index (κ2) is 7.93. The highest BCUT2D eigenvalue weighted by atomic mass is 35.5. The van der Waals surface area contributed by atoms with E-state index in [0.29, 0.717) is 17.3 Å². The molecule has 5 rings (SSSR count). The van der Waals surface area contributed by atoms with Gasteiger partial charge >= 0.3 is 0 Å². The summed E-state index contributed by atoms with van der Waals surface area (Å²) in [5.41, 5.74) is 14.0. The molecule has 0 unspecified atom stereocenters. The fourth-order valence-corrected chi connectivity index (χ4v) is 5.66. The van der Waals surface area contributed by atoms with E-state index in [0.717, 1.165) is 52.8 Å². The minimum Gasteiger partial charge on any atom is -0.382 e. The predicted octanol–water partition coefficient (Wildman–Crippen LogP) is 4.24. The Morgan fingerprint density at radius 3 is 2.65 bits per heavy atom. The fourth-order valence-electron chi connectivity index (χ4n) is 4.67. The number of hydrogen-bond donors (Lipinski definition) is 2. The molecular formula is C22H22ClFN6S. The maximum Gasteiger partial charge on any atom is 0.147 e. The molecule has 4 N–H and O–H groups in total. The first-order valence-electron chi connectivity index (χ1n) is 10.1. The number of halogens is 2. The molecule has 31 heavy (non-hydrogen) atoms. The second-order valence-electron chi connectivity index (χ2n) is 8.13. The first-order valence-corrected chi connectivity index (χ1v) is 11.3. The third kappa shape index (κ3) is 3.62. The van der Waals surface area contributed by atoms with Gasteiger partial charge in [-0.05, 0) is 47.9 Å². The Morgan fingerprint density at radius 2 is 1.94 bits per heavy atom. The molecule has 1 saturated heterocycles. The van der Waals surface area contributed by atoms with Crippen LogP contribution in [0.25, 0.3) is 0 Å². The van der Waals surface area contributed by atoms with Crippen LogP contribution in [0.4, 0.5) is 16.0 Å². The van der Waals surface area contributed by atoms with Gasteiger partial charge in [0.2, 0.25) is 0 Å². The third-order valence-electron chi connectivity index (χ3n) is 6.47. The zero-order valence-corrected chi connectivity index (χ0v) is 18.3. The lowest BCUT2D eigenvalue weighted by Crippen LogP contribution is -2.44. The highest BCUT2D eigenvalue weighted by Crippen LogP contribution is 2.51. The summed E-state index contributed by atoms with van der Waals surface area (Å²) in [5.74, 6) is 0.989. The van der Waals surface area contributed by atoms with E-state index in [-0.39, 0.29) is 17.3 Å². The Bertz CT molecular complexity index is 1120. The average molecular weight is 457 g/mol. The molecule has 1 aliphatic heterocycles. The molecule has 3 aromatic rings. The summed E-state index contributed by atoms with van der Waals surface area (Å²) in [5, 5.41) is 1.15. The van der Waals surface area contributed by atoms with Crippen molar-refractivity contribution in [2.75, 3.05) is 23.7 Å². The van der Waals surface area contributed by atoms with Crippen molar-refractivity contribution in [2.45, 2.75) is 35.2 Å². The number of hydrogen-bond acceptors (Lipinski definition) is 7. The van der Waals surface area contributed by atoms with Gasteiger partial charge in [-0.1, -0.05) is 35.5 Å². The molecule has 0 saturated carbocycles. The molecular weight excluding hydrogens is 435 g/mol. The summed E-state index contributed by atoms with van der Waals surface area (Å²) in [4.78, 5) is 16.1. The Balaban J connectivity index is 1.26. The average Bonchev–Trinajstić information content (AvgIpc) is 3.06. The molecule has 0 amide bonds. The highest BCUT2D eigenvalue weighted by molar-refractivity contribution is 7.99. The molecule has 1 aromatic carbocycles. The van der Waals surface area contributed by atoms with Crippen LogP contribution in [0.5, 0.6) is 0 Å². The van der Waals surface area contributed by atoms with Crippen LogP contribution in [0.3, 0.4) is 0 Å². The number of rotatable bonds is 3. The minimum absolute atomic E-state index is 0.0811. The van der Waals surface area contributed by atoms with Crippen LogP contribution < -0.4 is 16.4 Å². The van der Waals surface area contributed by atoms with Gasteiger partial charge in [0.05, 0.1) is 17.4 Å². The van der Waals surface area contributed by atoms with Gasteiger partial charge in [-0.25, -0.2) is 19.3 Å². The summed E-state index contributed by atoms with van der Waals surface area (Å²) < 4.78 is 14.3. The summed E-state index contributed by atoms with van der Waals surface area (Å²) in [6.45, 7) is 1.63. The summed E-state index contributed by atoms with van der Waals surface area (Å²) in [7, 11) is 0. The fraction of sp³-hybridized carbons (Fsp3) is 0.318. The van der Waals surface area contributed by atoms with Gasteiger partial charge in [-0.15, -0.1) is 0 Å². The Morgan fingerprint density at radius 1 is 1.13 bits per heavy atom. The maximum absolute atomic E-state index is 14.3.